The second kappa shape index (κ2) is 8.09. The van der Waals surface area contributed by atoms with Crippen molar-refractivity contribution in [2.45, 2.75) is 19.4 Å². The highest BCUT2D eigenvalue weighted by molar-refractivity contribution is 6.00. The van der Waals surface area contributed by atoms with E-state index in [1.54, 1.807) is 7.11 Å². The smallest absolute Gasteiger partial charge is 0.201 e. The molecule has 0 saturated heterocycles. The minimum atomic E-state index is 0.730. The molecule has 3 aromatic rings. The number of ether oxygens (including phenoxy) is 1. The lowest BCUT2D eigenvalue weighted by Gasteiger charge is -2.27. The van der Waals surface area contributed by atoms with Crippen molar-refractivity contribution in [2.75, 3.05) is 32.6 Å². The highest BCUT2D eigenvalue weighted by atomic mass is 16.5. The number of hydrogen-bond acceptors (Lipinski definition) is 5. The van der Waals surface area contributed by atoms with Gasteiger partial charge >= 0.3 is 0 Å². The van der Waals surface area contributed by atoms with Crippen LogP contribution in [0.2, 0.25) is 0 Å². The zero-order valence-corrected chi connectivity index (χ0v) is 19.1. The molecule has 0 atom stereocenters. The van der Waals surface area contributed by atoms with E-state index in [1.165, 1.54) is 38.9 Å². The second-order valence-corrected chi connectivity index (χ2v) is 9.03. The monoisotopic (exact) mass is 436 g/mol. The molecule has 5 heteroatoms. The molecule has 0 saturated carbocycles. The minimum Gasteiger partial charge on any atom is -0.495 e. The van der Waals surface area contributed by atoms with Crippen molar-refractivity contribution in [3.05, 3.63) is 88.5 Å². The third-order valence-corrected chi connectivity index (χ3v) is 6.90. The Morgan fingerprint density at radius 1 is 0.970 bits per heavy atom. The Morgan fingerprint density at radius 2 is 1.82 bits per heavy atom. The SMILES string of the molecule is COc1cc2c(cc1NC1=NC(c3cccc4c3Cc3ccccc3-4)=CCN1)CN(C)CC2. The number of aliphatic imine (C=N–C) groups is 1. The van der Waals surface area contributed by atoms with Crippen LogP contribution >= 0.6 is 0 Å². The molecule has 0 aromatic heterocycles. The predicted molar refractivity (Wildman–Crippen MR) is 135 cm³/mol. The number of nitrogens with one attached hydrogen (secondary N) is 2. The molecule has 0 radical (unpaired) electrons. The maximum absolute atomic E-state index is 5.71. The van der Waals surface area contributed by atoms with E-state index in [4.69, 9.17) is 9.73 Å². The Labute approximate surface area is 194 Å². The first kappa shape index (κ1) is 20.1. The quantitative estimate of drug-likeness (QED) is 0.490. The highest BCUT2D eigenvalue weighted by Gasteiger charge is 2.23. The molecular weight excluding hydrogens is 408 g/mol. The van der Waals surface area contributed by atoms with Crippen molar-refractivity contribution in [3.63, 3.8) is 0 Å². The summed E-state index contributed by atoms with van der Waals surface area (Å²) >= 11 is 0. The van der Waals surface area contributed by atoms with Gasteiger partial charge in [-0.25, -0.2) is 4.99 Å². The Hall–Kier alpha value is -3.57. The highest BCUT2D eigenvalue weighted by Crippen LogP contribution is 2.40. The van der Waals surface area contributed by atoms with Crippen LogP contribution in [-0.2, 0) is 19.4 Å². The van der Waals surface area contributed by atoms with E-state index >= 15 is 0 Å². The Kier molecular flexibility index (Phi) is 4.92. The van der Waals surface area contributed by atoms with E-state index in [1.807, 2.05) is 0 Å². The van der Waals surface area contributed by atoms with E-state index in [-0.39, 0.29) is 0 Å². The fraction of sp³-hybridized carbons (Fsp3) is 0.250. The van der Waals surface area contributed by atoms with E-state index in [9.17, 15) is 0 Å². The van der Waals surface area contributed by atoms with Crippen molar-refractivity contribution >= 4 is 17.3 Å². The number of likely N-dealkylation sites (N-methyl/N-ethyl adjacent to an activating group) is 1. The minimum absolute atomic E-state index is 0.730. The zero-order valence-electron chi connectivity index (χ0n) is 19.1. The van der Waals surface area contributed by atoms with Crippen molar-refractivity contribution < 1.29 is 4.74 Å². The fourth-order valence-electron chi connectivity index (χ4n) is 5.21. The van der Waals surface area contributed by atoms with Gasteiger partial charge in [0.2, 0.25) is 5.96 Å². The largest absolute Gasteiger partial charge is 0.495 e. The summed E-state index contributed by atoms with van der Waals surface area (Å²) in [5, 5.41) is 6.89. The molecule has 3 aromatic carbocycles. The molecule has 0 spiro atoms. The average Bonchev–Trinajstić information content (AvgIpc) is 3.22. The molecule has 33 heavy (non-hydrogen) atoms. The van der Waals surface area contributed by atoms with Crippen LogP contribution in [0, 0.1) is 0 Å². The van der Waals surface area contributed by atoms with Gasteiger partial charge < -0.3 is 20.3 Å². The normalized spacial score (nSPS) is 16.7. The van der Waals surface area contributed by atoms with Gasteiger partial charge in [0.15, 0.2) is 0 Å². The fourth-order valence-corrected chi connectivity index (χ4v) is 5.21. The van der Waals surface area contributed by atoms with Crippen LogP contribution in [0.1, 0.15) is 27.8 Å². The van der Waals surface area contributed by atoms with Crippen LogP contribution < -0.4 is 15.4 Å². The molecule has 2 N–H and O–H groups in total. The molecule has 3 aliphatic rings. The number of hydrogen-bond donors (Lipinski definition) is 2. The zero-order chi connectivity index (χ0) is 22.4. The standard InChI is InChI=1S/C28H28N4O/c1-32-13-11-18-16-27(33-2)26(15-20(18)17-32)31-28-29-12-10-25(30-28)23-9-5-8-22-21-7-4-3-6-19(21)14-24(22)23/h3-10,15-16H,11-14,17H2,1-2H3,(H2,29,30,31). The maximum Gasteiger partial charge on any atom is 0.201 e. The number of anilines is 1. The lowest BCUT2D eigenvalue weighted by molar-refractivity contribution is 0.312. The summed E-state index contributed by atoms with van der Waals surface area (Å²) in [7, 11) is 3.90. The molecule has 0 fully saturated rings. The first-order chi connectivity index (χ1) is 16.2. The van der Waals surface area contributed by atoms with Crippen LogP contribution in [0.4, 0.5) is 5.69 Å². The van der Waals surface area contributed by atoms with E-state index in [0.717, 1.165) is 55.6 Å². The number of fused-ring (bicyclic) bond motifs is 4. The van der Waals surface area contributed by atoms with Crippen LogP contribution in [-0.4, -0.2) is 38.1 Å². The summed E-state index contributed by atoms with van der Waals surface area (Å²) in [6.07, 6.45) is 4.18. The molecule has 0 amide bonds. The molecule has 166 valence electrons. The summed E-state index contributed by atoms with van der Waals surface area (Å²) in [6, 6.07) is 19.6. The number of rotatable bonds is 3. The van der Waals surface area contributed by atoms with Gasteiger partial charge in [0.25, 0.3) is 0 Å². The van der Waals surface area contributed by atoms with Crippen LogP contribution in [0.5, 0.6) is 5.75 Å². The Balaban J connectivity index is 1.32. The molecule has 6 rings (SSSR count). The van der Waals surface area contributed by atoms with Gasteiger partial charge in [-0.3, -0.25) is 0 Å². The molecular formula is C28H28N4O. The van der Waals surface area contributed by atoms with Crippen molar-refractivity contribution in [2.24, 2.45) is 4.99 Å². The summed E-state index contributed by atoms with van der Waals surface area (Å²) in [4.78, 5) is 7.33. The number of methoxy groups -OCH3 is 1. The number of guanidine groups is 1. The van der Waals surface area contributed by atoms with Gasteiger partial charge in [0, 0.05) is 25.2 Å². The summed E-state index contributed by atoms with van der Waals surface area (Å²) in [5.74, 6) is 1.61. The number of benzene rings is 3. The van der Waals surface area contributed by atoms with Gasteiger partial charge in [-0.15, -0.1) is 0 Å². The average molecular weight is 437 g/mol. The topological polar surface area (TPSA) is 48.9 Å². The lowest BCUT2D eigenvalue weighted by atomic mass is 9.98. The van der Waals surface area contributed by atoms with Gasteiger partial charge in [0.05, 0.1) is 18.5 Å². The van der Waals surface area contributed by atoms with Crippen LogP contribution in [0.3, 0.4) is 0 Å². The summed E-state index contributed by atoms with van der Waals surface area (Å²) in [6.45, 7) is 2.76. The second-order valence-electron chi connectivity index (χ2n) is 9.03. The van der Waals surface area contributed by atoms with E-state index < -0.39 is 0 Å². The maximum atomic E-state index is 5.71. The molecule has 2 aliphatic heterocycles. The first-order valence-corrected chi connectivity index (χ1v) is 11.6. The van der Waals surface area contributed by atoms with Gasteiger partial charge in [-0.1, -0.05) is 42.5 Å². The Morgan fingerprint density at radius 3 is 2.73 bits per heavy atom. The van der Waals surface area contributed by atoms with Gasteiger partial charge in [0.1, 0.15) is 5.75 Å². The molecule has 1 aliphatic carbocycles. The Bertz CT molecular complexity index is 1310. The van der Waals surface area contributed by atoms with E-state index in [0.29, 0.717) is 0 Å². The van der Waals surface area contributed by atoms with Gasteiger partial charge in [-0.2, -0.15) is 0 Å². The van der Waals surface area contributed by atoms with Crippen molar-refractivity contribution in [3.8, 4) is 16.9 Å². The molecule has 5 nitrogen and oxygen atoms in total. The van der Waals surface area contributed by atoms with Gasteiger partial charge in [-0.05, 0) is 71.5 Å². The van der Waals surface area contributed by atoms with Crippen LogP contribution in [0.25, 0.3) is 16.8 Å². The van der Waals surface area contributed by atoms with Crippen molar-refractivity contribution in [1.29, 1.82) is 0 Å². The van der Waals surface area contributed by atoms with Crippen molar-refractivity contribution in [1.82, 2.24) is 10.2 Å². The lowest BCUT2D eigenvalue weighted by Crippen LogP contribution is -2.33. The van der Waals surface area contributed by atoms with Crippen LogP contribution in [0.15, 0.2) is 65.7 Å². The predicted octanol–water partition coefficient (Wildman–Crippen LogP) is 4.67. The summed E-state index contributed by atoms with van der Waals surface area (Å²) < 4.78 is 5.71. The van der Waals surface area contributed by atoms with E-state index in [2.05, 4.69) is 83.3 Å². The number of nitrogens with zero attached hydrogens (tertiary/aromatic N) is 2. The first-order valence-electron chi connectivity index (χ1n) is 11.6. The summed E-state index contributed by atoms with van der Waals surface area (Å²) in [5.41, 5.74) is 11.3. The molecule has 0 bridgehead atoms. The third kappa shape index (κ3) is 3.58. The molecule has 2 heterocycles. The molecule has 0 unspecified atom stereocenters. The third-order valence-electron chi connectivity index (χ3n) is 6.90.